The SMILES string of the molecule is CCc1cccc(NC(=O)CSc2nnnn2Cc2ccccc2)c1. The van der Waals surface area contributed by atoms with E-state index in [0.29, 0.717) is 11.7 Å². The summed E-state index contributed by atoms with van der Waals surface area (Å²) >= 11 is 1.33. The average Bonchev–Trinajstić information content (AvgIpc) is 3.08. The fourth-order valence-electron chi connectivity index (χ4n) is 2.35. The van der Waals surface area contributed by atoms with Gasteiger partial charge in [0, 0.05) is 5.69 Å². The van der Waals surface area contributed by atoms with Crippen LogP contribution < -0.4 is 5.32 Å². The van der Waals surface area contributed by atoms with E-state index in [1.54, 1.807) is 4.68 Å². The van der Waals surface area contributed by atoms with Crippen LogP contribution in [0.2, 0.25) is 0 Å². The molecule has 3 rings (SSSR count). The second-order valence-corrected chi connectivity index (χ2v) is 6.44. The predicted molar refractivity (Wildman–Crippen MR) is 98.5 cm³/mol. The molecular weight excluding hydrogens is 334 g/mol. The number of nitrogens with zero attached hydrogens (tertiary/aromatic N) is 4. The Kier molecular flexibility index (Phi) is 5.79. The molecular formula is C18H19N5OS. The molecule has 0 atom stereocenters. The summed E-state index contributed by atoms with van der Waals surface area (Å²) in [5, 5.41) is 15.3. The molecule has 0 aliphatic rings. The number of thioether (sulfide) groups is 1. The van der Waals surface area contributed by atoms with Gasteiger partial charge in [0.25, 0.3) is 0 Å². The van der Waals surface area contributed by atoms with Crippen LogP contribution in [0, 0.1) is 0 Å². The Labute approximate surface area is 150 Å². The number of aryl methyl sites for hydroxylation is 1. The number of rotatable bonds is 7. The highest BCUT2D eigenvalue weighted by Gasteiger charge is 2.11. The lowest BCUT2D eigenvalue weighted by Gasteiger charge is -2.07. The van der Waals surface area contributed by atoms with E-state index in [-0.39, 0.29) is 11.7 Å². The standard InChI is InChI=1S/C18H19N5OS/c1-2-14-9-6-10-16(11-14)19-17(24)13-25-18-20-21-22-23(18)12-15-7-4-3-5-8-15/h3-11H,2,12-13H2,1H3,(H,19,24). The van der Waals surface area contributed by atoms with Gasteiger partial charge in [-0.15, -0.1) is 5.10 Å². The lowest BCUT2D eigenvalue weighted by Crippen LogP contribution is -2.15. The molecule has 1 aromatic heterocycles. The normalized spacial score (nSPS) is 10.6. The molecule has 128 valence electrons. The molecule has 25 heavy (non-hydrogen) atoms. The Morgan fingerprint density at radius 1 is 1.12 bits per heavy atom. The fraction of sp³-hybridized carbons (Fsp3) is 0.222. The first kappa shape index (κ1) is 17.2. The van der Waals surface area contributed by atoms with Crippen molar-refractivity contribution in [3.8, 4) is 0 Å². The number of carbonyl (C=O) groups excluding carboxylic acids is 1. The number of hydrogen-bond acceptors (Lipinski definition) is 5. The third kappa shape index (κ3) is 4.90. The minimum Gasteiger partial charge on any atom is -0.325 e. The van der Waals surface area contributed by atoms with Gasteiger partial charge in [0.05, 0.1) is 12.3 Å². The first-order valence-corrected chi connectivity index (χ1v) is 9.05. The Bertz CT molecular complexity index is 834. The van der Waals surface area contributed by atoms with E-state index in [0.717, 1.165) is 17.7 Å². The highest BCUT2D eigenvalue weighted by Crippen LogP contribution is 2.16. The second-order valence-electron chi connectivity index (χ2n) is 5.50. The number of hydrogen-bond donors (Lipinski definition) is 1. The fourth-order valence-corrected chi connectivity index (χ4v) is 3.03. The van der Waals surface area contributed by atoms with Gasteiger partial charge in [0.1, 0.15) is 0 Å². The number of nitrogens with one attached hydrogen (secondary N) is 1. The molecule has 0 saturated carbocycles. The third-order valence-electron chi connectivity index (χ3n) is 3.63. The zero-order valence-electron chi connectivity index (χ0n) is 13.9. The molecule has 7 heteroatoms. The zero-order chi connectivity index (χ0) is 17.5. The topological polar surface area (TPSA) is 72.7 Å². The van der Waals surface area contributed by atoms with Crippen LogP contribution in [0.3, 0.4) is 0 Å². The minimum absolute atomic E-state index is 0.0764. The molecule has 6 nitrogen and oxygen atoms in total. The van der Waals surface area contributed by atoms with Crippen molar-refractivity contribution in [3.63, 3.8) is 0 Å². The molecule has 0 unspecified atom stereocenters. The molecule has 3 aromatic rings. The summed E-state index contributed by atoms with van der Waals surface area (Å²) in [5.41, 5.74) is 3.11. The van der Waals surface area contributed by atoms with Crippen LogP contribution in [0.5, 0.6) is 0 Å². The first-order chi connectivity index (χ1) is 12.2. The number of aromatic nitrogens is 4. The van der Waals surface area contributed by atoms with E-state index < -0.39 is 0 Å². The van der Waals surface area contributed by atoms with Crippen LogP contribution >= 0.6 is 11.8 Å². The van der Waals surface area contributed by atoms with Gasteiger partial charge >= 0.3 is 0 Å². The average molecular weight is 353 g/mol. The molecule has 0 spiro atoms. The highest BCUT2D eigenvalue weighted by molar-refractivity contribution is 7.99. The van der Waals surface area contributed by atoms with Crippen molar-refractivity contribution in [2.45, 2.75) is 25.0 Å². The second kappa shape index (κ2) is 8.43. The molecule has 0 radical (unpaired) electrons. The summed E-state index contributed by atoms with van der Waals surface area (Å²) < 4.78 is 1.70. The highest BCUT2D eigenvalue weighted by atomic mass is 32.2. The van der Waals surface area contributed by atoms with Crippen molar-refractivity contribution < 1.29 is 4.79 Å². The molecule has 0 saturated heterocycles. The van der Waals surface area contributed by atoms with E-state index in [1.807, 2.05) is 54.6 Å². The Morgan fingerprint density at radius 3 is 2.72 bits per heavy atom. The number of anilines is 1. The lowest BCUT2D eigenvalue weighted by atomic mass is 10.1. The summed E-state index contributed by atoms with van der Waals surface area (Å²) in [4.78, 5) is 12.2. The number of carbonyl (C=O) groups is 1. The Hall–Kier alpha value is -2.67. The summed E-state index contributed by atoms with van der Waals surface area (Å²) in [7, 11) is 0. The Morgan fingerprint density at radius 2 is 1.92 bits per heavy atom. The van der Waals surface area contributed by atoms with Crippen molar-refractivity contribution in [2.75, 3.05) is 11.1 Å². The van der Waals surface area contributed by atoms with Gasteiger partial charge in [0.15, 0.2) is 0 Å². The van der Waals surface area contributed by atoms with Crippen LogP contribution in [0.1, 0.15) is 18.1 Å². The van der Waals surface area contributed by atoms with Gasteiger partial charge in [-0.25, -0.2) is 4.68 Å². The molecule has 0 bridgehead atoms. The molecule has 1 amide bonds. The van der Waals surface area contributed by atoms with Crippen LogP contribution in [0.15, 0.2) is 59.8 Å². The molecule has 1 heterocycles. The van der Waals surface area contributed by atoms with Crippen LogP contribution in [-0.2, 0) is 17.8 Å². The van der Waals surface area contributed by atoms with Crippen LogP contribution in [-0.4, -0.2) is 31.9 Å². The summed E-state index contributed by atoms with van der Waals surface area (Å²) in [6, 6.07) is 17.8. The molecule has 0 fully saturated rings. The molecule has 0 aliphatic heterocycles. The summed E-state index contributed by atoms with van der Waals surface area (Å²) in [5.74, 6) is 0.179. The van der Waals surface area contributed by atoms with Gasteiger partial charge in [-0.1, -0.05) is 61.2 Å². The van der Waals surface area contributed by atoms with Crippen molar-refractivity contribution in [3.05, 3.63) is 65.7 Å². The van der Waals surface area contributed by atoms with Crippen molar-refractivity contribution >= 4 is 23.4 Å². The molecule has 0 aliphatic carbocycles. The summed E-state index contributed by atoms with van der Waals surface area (Å²) in [6.45, 7) is 2.67. The van der Waals surface area contributed by atoms with Crippen molar-refractivity contribution in [1.29, 1.82) is 0 Å². The van der Waals surface area contributed by atoms with E-state index in [2.05, 4.69) is 27.8 Å². The molecule has 2 aromatic carbocycles. The first-order valence-electron chi connectivity index (χ1n) is 8.06. The lowest BCUT2D eigenvalue weighted by molar-refractivity contribution is -0.113. The number of tetrazole rings is 1. The van der Waals surface area contributed by atoms with E-state index in [9.17, 15) is 4.79 Å². The van der Waals surface area contributed by atoms with Gasteiger partial charge in [0.2, 0.25) is 11.1 Å². The van der Waals surface area contributed by atoms with Gasteiger partial charge in [-0.3, -0.25) is 4.79 Å². The van der Waals surface area contributed by atoms with Crippen molar-refractivity contribution in [1.82, 2.24) is 20.2 Å². The van der Waals surface area contributed by atoms with Gasteiger partial charge < -0.3 is 5.32 Å². The van der Waals surface area contributed by atoms with E-state index in [4.69, 9.17) is 0 Å². The van der Waals surface area contributed by atoms with Gasteiger partial charge in [-0.05, 0) is 40.1 Å². The quantitative estimate of drug-likeness (QED) is 0.661. The molecule has 1 N–H and O–H groups in total. The number of benzene rings is 2. The van der Waals surface area contributed by atoms with Crippen LogP contribution in [0.25, 0.3) is 0 Å². The largest absolute Gasteiger partial charge is 0.325 e. The minimum atomic E-state index is -0.0764. The summed E-state index contributed by atoms with van der Waals surface area (Å²) in [6.07, 6.45) is 0.937. The van der Waals surface area contributed by atoms with Crippen LogP contribution in [0.4, 0.5) is 5.69 Å². The predicted octanol–water partition coefficient (Wildman–Crippen LogP) is 3.01. The third-order valence-corrected chi connectivity index (χ3v) is 4.58. The number of amides is 1. The maximum absolute atomic E-state index is 12.2. The maximum atomic E-state index is 12.2. The Balaban J connectivity index is 1.56. The monoisotopic (exact) mass is 353 g/mol. The van der Waals surface area contributed by atoms with Gasteiger partial charge in [-0.2, -0.15) is 0 Å². The van der Waals surface area contributed by atoms with E-state index in [1.165, 1.54) is 17.3 Å². The zero-order valence-corrected chi connectivity index (χ0v) is 14.7. The van der Waals surface area contributed by atoms with E-state index >= 15 is 0 Å². The smallest absolute Gasteiger partial charge is 0.234 e. The van der Waals surface area contributed by atoms with Crippen molar-refractivity contribution in [2.24, 2.45) is 0 Å². The maximum Gasteiger partial charge on any atom is 0.234 e.